The second-order valence-electron chi connectivity index (χ2n) is 5.58. The summed E-state index contributed by atoms with van der Waals surface area (Å²) >= 11 is 0. The molecule has 0 aliphatic carbocycles. The molecule has 2 N–H and O–H groups in total. The van der Waals surface area contributed by atoms with Crippen LogP contribution in [0.2, 0.25) is 0 Å². The zero-order valence-electron chi connectivity index (χ0n) is 12.6. The SMILES string of the molecule is COc1cccc(COC[C@@H](O)CN2CCC[C@@H](O)C2)c1. The molecule has 118 valence electrons. The average Bonchev–Trinajstić information content (AvgIpc) is 2.47. The molecule has 5 nitrogen and oxygen atoms in total. The first-order valence-corrected chi connectivity index (χ1v) is 7.46. The van der Waals surface area contributed by atoms with Gasteiger partial charge in [-0.1, -0.05) is 12.1 Å². The van der Waals surface area contributed by atoms with Crippen LogP contribution in [-0.4, -0.2) is 60.7 Å². The third kappa shape index (κ3) is 5.63. The van der Waals surface area contributed by atoms with E-state index in [2.05, 4.69) is 4.90 Å². The normalized spacial score (nSPS) is 21.2. The second-order valence-corrected chi connectivity index (χ2v) is 5.58. The number of hydrogen-bond donors (Lipinski definition) is 2. The van der Waals surface area contributed by atoms with Gasteiger partial charge in [-0.15, -0.1) is 0 Å². The lowest BCUT2D eigenvalue weighted by atomic mass is 10.1. The van der Waals surface area contributed by atoms with Crippen molar-refractivity contribution in [1.82, 2.24) is 4.90 Å². The van der Waals surface area contributed by atoms with E-state index in [1.54, 1.807) is 7.11 Å². The number of methoxy groups -OCH3 is 1. The van der Waals surface area contributed by atoms with Crippen LogP contribution in [0.25, 0.3) is 0 Å². The molecule has 5 heteroatoms. The van der Waals surface area contributed by atoms with E-state index in [-0.39, 0.29) is 6.10 Å². The molecule has 0 radical (unpaired) electrons. The molecule has 0 unspecified atom stereocenters. The second kappa shape index (κ2) is 8.34. The van der Waals surface area contributed by atoms with Crippen LogP contribution in [0, 0.1) is 0 Å². The lowest BCUT2D eigenvalue weighted by molar-refractivity contribution is -0.00736. The summed E-state index contributed by atoms with van der Waals surface area (Å²) in [5.41, 5.74) is 1.02. The molecule has 2 atom stereocenters. The van der Waals surface area contributed by atoms with Gasteiger partial charge in [0.15, 0.2) is 0 Å². The molecular formula is C16H25NO4. The number of hydrogen-bond acceptors (Lipinski definition) is 5. The molecule has 0 saturated carbocycles. The number of aliphatic hydroxyl groups excluding tert-OH is 2. The maximum absolute atomic E-state index is 9.99. The van der Waals surface area contributed by atoms with Gasteiger partial charge in [0.2, 0.25) is 0 Å². The molecule has 1 heterocycles. The Morgan fingerprint density at radius 2 is 2.29 bits per heavy atom. The fourth-order valence-electron chi connectivity index (χ4n) is 2.62. The van der Waals surface area contributed by atoms with E-state index < -0.39 is 6.10 Å². The Labute approximate surface area is 126 Å². The predicted molar refractivity (Wildman–Crippen MR) is 80.3 cm³/mol. The van der Waals surface area contributed by atoms with Crippen LogP contribution in [-0.2, 0) is 11.3 Å². The van der Waals surface area contributed by atoms with E-state index in [0.717, 1.165) is 30.7 Å². The zero-order valence-corrected chi connectivity index (χ0v) is 12.6. The summed E-state index contributed by atoms with van der Waals surface area (Å²) in [7, 11) is 1.64. The van der Waals surface area contributed by atoms with Gasteiger partial charge in [0.1, 0.15) is 5.75 Å². The fraction of sp³-hybridized carbons (Fsp3) is 0.625. The van der Waals surface area contributed by atoms with Crippen LogP contribution in [0.5, 0.6) is 5.75 Å². The van der Waals surface area contributed by atoms with Gasteiger partial charge in [-0.3, -0.25) is 4.90 Å². The van der Waals surface area contributed by atoms with Gasteiger partial charge in [0, 0.05) is 13.1 Å². The highest BCUT2D eigenvalue weighted by atomic mass is 16.5. The maximum atomic E-state index is 9.99. The predicted octanol–water partition coefficient (Wildman–Crippen LogP) is 1.03. The summed E-state index contributed by atoms with van der Waals surface area (Å²) in [5.74, 6) is 0.805. The Morgan fingerprint density at radius 3 is 3.05 bits per heavy atom. The van der Waals surface area contributed by atoms with E-state index in [9.17, 15) is 10.2 Å². The molecule has 0 bridgehead atoms. The Balaban J connectivity index is 1.67. The number of benzene rings is 1. The molecule has 1 aromatic carbocycles. The summed E-state index contributed by atoms with van der Waals surface area (Å²) in [4.78, 5) is 2.09. The van der Waals surface area contributed by atoms with Crippen LogP contribution in [0.15, 0.2) is 24.3 Å². The summed E-state index contributed by atoms with van der Waals surface area (Å²) < 4.78 is 10.7. The monoisotopic (exact) mass is 295 g/mol. The van der Waals surface area contributed by atoms with Crippen molar-refractivity contribution in [2.75, 3.05) is 33.4 Å². The first kappa shape index (κ1) is 16.2. The van der Waals surface area contributed by atoms with Gasteiger partial charge in [-0.25, -0.2) is 0 Å². The fourth-order valence-corrected chi connectivity index (χ4v) is 2.62. The summed E-state index contributed by atoms with van der Waals surface area (Å²) in [6, 6.07) is 7.70. The lowest BCUT2D eigenvalue weighted by Gasteiger charge is -2.31. The van der Waals surface area contributed by atoms with Crippen molar-refractivity contribution in [3.8, 4) is 5.75 Å². The highest BCUT2D eigenvalue weighted by Crippen LogP contribution is 2.14. The molecule has 1 fully saturated rings. The third-order valence-corrected chi connectivity index (χ3v) is 3.66. The minimum absolute atomic E-state index is 0.261. The Kier molecular flexibility index (Phi) is 6.45. The van der Waals surface area contributed by atoms with Gasteiger partial charge in [0.05, 0.1) is 32.5 Å². The quantitative estimate of drug-likeness (QED) is 0.787. The Morgan fingerprint density at radius 1 is 1.43 bits per heavy atom. The van der Waals surface area contributed by atoms with Crippen molar-refractivity contribution in [2.24, 2.45) is 0 Å². The van der Waals surface area contributed by atoms with E-state index in [1.807, 2.05) is 24.3 Å². The van der Waals surface area contributed by atoms with Crippen LogP contribution >= 0.6 is 0 Å². The number of β-amino-alcohol motifs (C(OH)–C–C–N with tert-alkyl or cyclic N) is 2. The molecule has 1 aliphatic heterocycles. The van der Waals surface area contributed by atoms with Crippen molar-refractivity contribution in [3.63, 3.8) is 0 Å². The third-order valence-electron chi connectivity index (χ3n) is 3.66. The van der Waals surface area contributed by atoms with E-state index in [1.165, 1.54) is 0 Å². The minimum atomic E-state index is -0.527. The topological polar surface area (TPSA) is 62.2 Å². The van der Waals surface area contributed by atoms with Gasteiger partial charge < -0.3 is 19.7 Å². The first-order chi connectivity index (χ1) is 10.2. The summed E-state index contributed by atoms with van der Waals surface area (Å²) in [5, 5.41) is 19.6. The molecule has 0 amide bonds. The van der Waals surface area contributed by atoms with Crippen molar-refractivity contribution >= 4 is 0 Å². The van der Waals surface area contributed by atoms with Crippen LogP contribution in [0.3, 0.4) is 0 Å². The zero-order chi connectivity index (χ0) is 15.1. The largest absolute Gasteiger partial charge is 0.497 e. The highest BCUT2D eigenvalue weighted by molar-refractivity contribution is 5.27. The molecule has 0 spiro atoms. The van der Waals surface area contributed by atoms with Crippen LogP contribution in [0.4, 0.5) is 0 Å². The van der Waals surface area contributed by atoms with Crippen molar-refractivity contribution in [2.45, 2.75) is 31.7 Å². The molecule has 21 heavy (non-hydrogen) atoms. The van der Waals surface area contributed by atoms with Gasteiger partial charge in [-0.2, -0.15) is 0 Å². The number of aliphatic hydroxyl groups is 2. The summed E-state index contributed by atoms with van der Waals surface area (Å²) in [6.07, 6.45) is 1.06. The molecular weight excluding hydrogens is 270 g/mol. The van der Waals surface area contributed by atoms with Crippen molar-refractivity contribution < 1.29 is 19.7 Å². The van der Waals surface area contributed by atoms with Crippen LogP contribution < -0.4 is 4.74 Å². The van der Waals surface area contributed by atoms with Gasteiger partial charge in [0.25, 0.3) is 0 Å². The van der Waals surface area contributed by atoms with Crippen molar-refractivity contribution in [3.05, 3.63) is 29.8 Å². The molecule has 2 rings (SSSR count). The number of piperidine rings is 1. The first-order valence-electron chi connectivity index (χ1n) is 7.46. The lowest BCUT2D eigenvalue weighted by Crippen LogP contribution is -2.43. The van der Waals surface area contributed by atoms with Gasteiger partial charge >= 0.3 is 0 Å². The van der Waals surface area contributed by atoms with Gasteiger partial charge in [-0.05, 0) is 37.1 Å². The standard InChI is InChI=1S/C16H25NO4/c1-20-16-6-2-4-13(8-16)11-21-12-15(19)10-17-7-3-5-14(18)9-17/h2,4,6,8,14-15,18-19H,3,5,7,9-12H2,1H3/t14-,15+/m1/s1. The van der Waals surface area contributed by atoms with E-state index >= 15 is 0 Å². The highest BCUT2D eigenvalue weighted by Gasteiger charge is 2.19. The minimum Gasteiger partial charge on any atom is -0.497 e. The number of ether oxygens (including phenoxy) is 2. The average molecular weight is 295 g/mol. The van der Waals surface area contributed by atoms with Crippen LogP contribution in [0.1, 0.15) is 18.4 Å². The smallest absolute Gasteiger partial charge is 0.119 e. The molecule has 1 aromatic rings. The number of rotatable bonds is 7. The molecule has 1 aliphatic rings. The Bertz CT molecular complexity index is 426. The number of likely N-dealkylation sites (tertiary alicyclic amines) is 1. The molecule has 1 saturated heterocycles. The van der Waals surface area contributed by atoms with E-state index in [4.69, 9.17) is 9.47 Å². The summed E-state index contributed by atoms with van der Waals surface area (Å²) in [6.45, 7) is 2.88. The molecule has 0 aromatic heterocycles. The van der Waals surface area contributed by atoms with Crippen molar-refractivity contribution in [1.29, 1.82) is 0 Å². The number of nitrogens with zero attached hydrogens (tertiary/aromatic N) is 1. The van der Waals surface area contributed by atoms with E-state index in [0.29, 0.717) is 26.3 Å². The maximum Gasteiger partial charge on any atom is 0.119 e. The Hall–Kier alpha value is -1.14.